The third-order valence-electron chi connectivity index (χ3n) is 20.4. The molecule has 0 aliphatic heterocycles. The van der Waals surface area contributed by atoms with Gasteiger partial charge in [0.25, 0.3) is 0 Å². The molecule has 0 aliphatic rings. The first kappa shape index (κ1) is 59.7. The van der Waals surface area contributed by atoms with Crippen LogP contribution in [0, 0.1) is 0 Å². The highest BCUT2D eigenvalue weighted by Crippen LogP contribution is 2.51. The van der Waals surface area contributed by atoms with E-state index in [9.17, 15) is 0 Å². The van der Waals surface area contributed by atoms with E-state index < -0.39 is 0 Å². The fourth-order valence-corrected chi connectivity index (χ4v) is 15.5. The normalized spacial score (nSPS) is 11.5. The molecule has 478 valence electrons. The van der Waals surface area contributed by atoms with Gasteiger partial charge in [-0.15, -0.1) is 0 Å². The van der Waals surface area contributed by atoms with Gasteiger partial charge in [-0.05, 0) is 278 Å². The van der Waals surface area contributed by atoms with Crippen LogP contribution in [-0.4, -0.2) is 0 Å². The van der Waals surface area contributed by atoms with Crippen molar-refractivity contribution in [2.75, 3.05) is 19.6 Å². The number of hydrogen-bond donors (Lipinski definition) is 0. The van der Waals surface area contributed by atoms with Crippen molar-refractivity contribution in [2.45, 2.75) is 0 Å². The molecule has 102 heavy (non-hydrogen) atoms. The SMILES string of the molecule is c1ccc(N(c2ccc(-c3c4ccc(N(c5ccccc5)c5ccc6cc7ccccc7cc6c5)cc4c(-c4ccc(N(c5ccccc5)c5ccc6ccccc6c5)cc4)c4ccc(N(c5ccccc5)c5ccc6cc7ccccc7cc6c5)cc34)cc2)c2ccc3ccccc3c2)cc1. The van der Waals surface area contributed by atoms with Crippen molar-refractivity contribution >= 4 is 154 Å². The van der Waals surface area contributed by atoms with Crippen molar-refractivity contribution in [2.24, 2.45) is 0 Å². The van der Waals surface area contributed by atoms with E-state index in [4.69, 9.17) is 0 Å². The highest BCUT2D eigenvalue weighted by molar-refractivity contribution is 6.23. The Labute approximate surface area is 592 Å². The molecule has 0 bridgehead atoms. The molecule has 0 aliphatic carbocycles. The highest BCUT2D eigenvalue weighted by atomic mass is 15.2. The molecular weight excluding hydrogens is 1230 g/mol. The fraction of sp³-hybridized carbons (Fsp3) is 0. The second kappa shape index (κ2) is 25.4. The van der Waals surface area contributed by atoms with Gasteiger partial charge in [-0.1, -0.05) is 231 Å². The van der Waals surface area contributed by atoms with Gasteiger partial charge in [0.15, 0.2) is 0 Å². The lowest BCUT2D eigenvalue weighted by atomic mass is 9.85. The van der Waals surface area contributed by atoms with E-state index in [0.717, 1.165) is 112 Å². The molecule has 0 spiro atoms. The Bertz CT molecular complexity index is 5990. The molecule has 0 unspecified atom stereocenters. The zero-order valence-corrected chi connectivity index (χ0v) is 55.9. The van der Waals surface area contributed by atoms with Crippen molar-refractivity contribution in [1.82, 2.24) is 0 Å². The van der Waals surface area contributed by atoms with Crippen molar-refractivity contribution in [3.63, 3.8) is 0 Å². The Morgan fingerprint density at radius 1 is 0.118 bits per heavy atom. The summed E-state index contributed by atoms with van der Waals surface area (Å²) in [5.41, 5.74) is 17.3. The molecule has 0 amide bonds. The van der Waals surface area contributed by atoms with Gasteiger partial charge in [0.2, 0.25) is 0 Å². The monoisotopic (exact) mass is 1300 g/mol. The summed E-state index contributed by atoms with van der Waals surface area (Å²) < 4.78 is 0. The van der Waals surface area contributed by atoms with E-state index in [0.29, 0.717) is 0 Å². The van der Waals surface area contributed by atoms with Crippen LogP contribution in [0.4, 0.5) is 68.2 Å². The highest BCUT2D eigenvalue weighted by Gasteiger charge is 2.25. The average molecular weight is 1300 g/mol. The van der Waals surface area contributed by atoms with Crippen LogP contribution < -0.4 is 19.6 Å². The molecule has 4 heteroatoms. The first-order valence-electron chi connectivity index (χ1n) is 35.0. The summed E-state index contributed by atoms with van der Waals surface area (Å²) in [4.78, 5) is 9.61. The topological polar surface area (TPSA) is 13.0 Å². The van der Waals surface area contributed by atoms with Crippen LogP contribution in [0.25, 0.3) is 108 Å². The van der Waals surface area contributed by atoms with Gasteiger partial charge < -0.3 is 19.6 Å². The molecule has 0 saturated heterocycles. The van der Waals surface area contributed by atoms with Crippen molar-refractivity contribution in [3.8, 4) is 22.3 Å². The molecule has 0 radical (unpaired) electrons. The number of rotatable bonds is 14. The largest absolute Gasteiger partial charge is 0.310 e. The average Bonchev–Trinajstić information content (AvgIpc) is 0.721. The molecule has 0 aromatic heterocycles. The summed E-state index contributed by atoms with van der Waals surface area (Å²) in [6.07, 6.45) is 0. The van der Waals surface area contributed by atoms with Crippen LogP contribution in [0.3, 0.4) is 0 Å². The van der Waals surface area contributed by atoms with Crippen molar-refractivity contribution in [1.29, 1.82) is 0 Å². The fourth-order valence-electron chi connectivity index (χ4n) is 15.5. The van der Waals surface area contributed by atoms with Gasteiger partial charge in [-0.2, -0.15) is 0 Å². The second-order valence-electron chi connectivity index (χ2n) is 26.5. The summed E-state index contributed by atoms with van der Waals surface area (Å²) >= 11 is 0. The predicted molar refractivity (Wildman–Crippen MR) is 436 cm³/mol. The maximum Gasteiger partial charge on any atom is 0.0468 e. The summed E-state index contributed by atoms with van der Waals surface area (Å²) in [6, 6.07) is 147. The standard InChI is InChI=1S/C98H66N4/c1-5-29-81(30-6-1)99(87-49-37-67-21-13-15-27-75(67)61-87)85-45-39-69(40-46-85)97-93-55-53-92(102(84-35-11-4-12-36-84)90-52-44-78-58-72-24-18-20-26-74(72)60-80(78)64-90)66-96(93)98(70-41-47-86(48-42-70)100(82-31-7-2-8-32-82)88-50-38-68-22-14-16-28-76(68)62-88)94-56-54-91(65-95(94)97)101(83-33-9-3-10-34-83)89-51-43-77-57-71-23-17-19-25-73(71)59-79(77)63-89/h1-66H. The van der Waals surface area contributed by atoms with E-state index >= 15 is 0 Å². The molecule has 0 saturated carbocycles. The van der Waals surface area contributed by atoms with Gasteiger partial charge in [0.1, 0.15) is 0 Å². The molecule has 0 atom stereocenters. The van der Waals surface area contributed by atoms with Crippen LogP contribution in [-0.2, 0) is 0 Å². The Kier molecular flexibility index (Phi) is 14.9. The molecule has 0 fully saturated rings. The summed E-state index contributed by atoms with van der Waals surface area (Å²) in [7, 11) is 0. The van der Waals surface area contributed by atoms with E-state index in [1.165, 1.54) is 64.6 Å². The van der Waals surface area contributed by atoms with Crippen molar-refractivity contribution in [3.05, 3.63) is 400 Å². The lowest BCUT2D eigenvalue weighted by Crippen LogP contribution is -2.11. The number of benzene rings is 19. The molecule has 19 rings (SSSR count). The number of hydrogen-bond acceptors (Lipinski definition) is 4. The third-order valence-corrected chi connectivity index (χ3v) is 20.4. The Balaban J connectivity index is 0.867. The molecule has 0 N–H and O–H groups in total. The summed E-state index contributed by atoms with van der Waals surface area (Å²) in [5, 5.41) is 19.0. The summed E-state index contributed by atoms with van der Waals surface area (Å²) in [6.45, 7) is 0. The van der Waals surface area contributed by atoms with Gasteiger partial charge in [0.05, 0.1) is 0 Å². The molecule has 4 nitrogen and oxygen atoms in total. The maximum absolute atomic E-state index is 2.46. The number of fused-ring (bicyclic) bond motifs is 8. The first-order chi connectivity index (χ1) is 50.5. The van der Waals surface area contributed by atoms with Crippen LogP contribution in [0.2, 0.25) is 0 Å². The zero-order chi connectivity index (χ0) is 67.5. The molecule has 0 heterocycles. The van der Waals surface area contributed by atoms with Crippen LogP contribution in [0.5, 0.6) is 0 Å². The first-order valence-corrected chi connectivity index (χ1v) is 35.0. The number of para-hydroxylation sites is 4. The minimum atomic E-state index is 1.05. The van der Waals surface area contributed by atoms with E-state index in [2.05, 4.69) is 420 Å². The van der Waals surface area contributed by atoms with Gasteiger partial charge in [-0.3, -0.25) is 0 Å². The second-order valence-corrected chi connectivity index (χ2v) is 26.5. The Morgan fingerprint density at radius 3 is 0.647 bits per heavy atom. The lowest BCUT2D eigenvalue weighted by Gasteiger charge is -2.29. The Hall–Kier alpha value is -13.5. The predicted octanol–water partition coefficient (Wildman–Crippen LogP) is 28.1. The van der Waals surface area contributed by atoms with Crippen molar-refractivity contribution < 1.29 is 0 Å². The molecular formula is C98H66N4. The minimum Gasteiger partial charge on any atom is -0.310 e. The van der Waals surface area contributed by atoms with Crippen LogP contribution >= 0.6 is 0 Å². The van der Waals surface area contributed by atoms with Crippen LogP contribution in [0.15, 0.2) is 400 Å². The van der Waals surface area contributed by atoms with E-state index in [1.54, 1.807) is 0 Å². The zero-order valence-electron chi connectivity index (χ0n) is 55.9. The quantitative estimate of drug-likeness (QED) is 0.101. The van der Waals surface area contributed by atoms with Crippen LogP contribution in [0.1, 0.15) is 0 Å². The van der Waals surface area contributed by atoms with E-state index in [1.807, 2.05) is 0 Å². The van der Waals surface area contributed by atoms with E-state index in [-0.39, 0.29) is 0 Å². The Morgan fingerprint density at radius 2 is 0.324 bits per heavy atom. The lowest BCUT2D eigenvalue weighted by molar-refractivity contribution is 1.29. The number of anilines is 12. The maximum atomic E-state index is 2.46. The number of nitrogens with zero attached hydrogens (tertiary/aromatic N) is 4. The molecule has 19 aromatic rings. The minimum absolute atomic E-state index is 1.05. The molecule has 19 aromatic carbocycles. The third kappa shape index (κ3) is 10.9. The van der Waals surface area contributed by atoms with Gasteiger partial charge in [0, 0.05) is 68.2 Å². The summed E-state index contributed by atoms with van der Waals surface area (Å²) in [5.74, 6) is 0. The van der Waals surface area contributed by atoms with Gasteiger partial charge in [-0.25, -0.2) is 0 Å². The smallest absolute Gasteiger partial charge is 0.0468 e. The van der Waals surface area contributed by atoms with Gasteiger partial charge >= 0.3 is 0 Å².